The molecule has 0 saturated carbocycles. The molecule has 0 fully saturated rings. The summed E-state index contributed by atoms with van der Waals surface area (Å²) in [5, 5.41) is 29.9. The van der Waals surface area contributed by atoms with Gasteiger partial charge in [0, 0.05) is 5.90 Å². The van der Waals surface area contributed by atoms with Crippen molar-refractivity contribution >= 4 is 21.9 Å². The zero-order chi connectivity index (χ0) is 22.6. The van der Waals surface area contributed by atoms with E-state index in [0.717, 1.165) is 6.92 Å². The molecule has 0 bridgehead atoms. The van der Waals surface area contributed by atoms with Gasteiger partial charge in [-0.15, -0.1) is 0 Å². The Hall–Kier alpha value is -2.25. The predicted octanol–water partition coefficient (Wildman–Crippen LogP) is 0.376. The smallest absolute Gasteiger partial charge is 0.322 e. The maximum Gasteiger partial charge on any atom is 0.322 e. The Labute approximate surface area is 163 Å². The summed E-state index contributed by atoms with van der Waals surface area (Å²) in [7, 11) is -4.45. The van der Waals surface area contributed by atoms with Crippen LogP contribution in [0.15, 0.2) is 4.40 Å². The molecule has 0 saturated heterocycles. The maximum absolute atomic E-state index is 14.1. The van der Waals surface area contributed by atoms with E-state index in [4.69, 9.17) is 10.2 Å². The lowest BCUT2D eigenvalue weighted by atomic mass is 9.93. The van der Waals surface area contributed by atoms with Crippen LogP contribution in [0.5, 0.6) is 5.75 Å². The van der Waals surface area contributed by atoms with Crippen LogP contribution < -0.4 is 9.84 Å². The lowest BCUT2D eigenvalue weighted by Crippen LogP contribution is -2.39. The molecule has 0 aliphatic rings. The molecule has 1 rings (SSSR count). The summed E-state index contributed by atoms with van der Waals surface area (Å²) in [6.45, 7) is 0.513. The molecule has 8 nitrogen and oxygen atoms in total. The Morgan fingerprint density at radius 2 is 1.59 bits per heavy atom. The minimum atomic E-state index is -4.45. The Morgan fingerprint density at radius 1 is 1.10 bits per heavy atom. The lowest BCUT2D eigenvalue weighted by Gasteiger charge is -2.23. The highest BCUT2D eigenvalue weighted by atomic mass is 32.2. The second kappa shape index (κ2) is 9.50. The van der Waals surface area contributed by atoms with E-state index >= 15 is 0 Å². The molecular weight excluding hydrogens is 426 g/mol. The first-order valence-electron chi connectivity index (χ1n) is 8.15. The van der Waals surface area contributed by atoms with E-state index in [1.165, 1.54) is 0 Å². The van der Waals surface area contributed by atoms with Gasteiger partial charge in [0.25, 0.3) is 10.0 Å². The van der Waals surface area contributed by atoms with Crippen LogP contribution in [0.25, 0.3) is 0 Å². The largest absolute Gasteiger partial charge is 0.857 e. The van der Waals surface area contributed by atoms with Crippen LogP contribution in [-0.4, -0.2) is 49.5 Å². The van der Waals surface area contributed by atoms with E-state index in [1.807, 2.05) is 0 Å². The molecule has 0 unspecified atom stereocenters. The van der Waals surface area contributed by atoms with Crippen molar-refractivity contribution in [3.8, 4) is 5.75 Å². The number of aliphatic hydroxyl groups is 2. The van der Waals surface area contributed by atoms with Crippen LogP contribution in [0.1, 0.15) is 32.3 Å². The van der Waals surface area contributed by atoms with Gasteiger partial charge >= 0.3 is 5.97 Å². The fourth-order valence-corrected chi connectivity index (χ4v) is 2.92. The number of nitrogens with zero attached hydrogens (tertiary/aromatic N) is 1. The highest BCUT2D eigenvalue weighted by molar-refractivity contribution is 7.90. The molecular formula is C16H18F4NO7S-. The first kappa shape index (κ1) is 24.8. The quantitative estimate of drug-likeness (QED) is 0.140. The number of benzene rings is 1. The minimum absolute atomic E-state index is 0.0795. The number of carbonyl (C=O) groups is 1. The maximum atomic E-state index is 14.1. The van der Waals surface area contributed by atoms with E-state index in [0.29, 0.717) is 6.42 Å². The number of carbonyl (C=O) groups excluding carboxylic acids is 1. The molecule has 0 aliphatic heterocycles. The van der Waals surface area contributed by atoms with Gasteiger partial charge in [0.2, 0.25) is 17.4 Å². The summed E-state index contributed by atoms with van der Waals surface area (Å²) in [6.07, 6.45) is 0.478. The number of aliphatic hydroxyl groups excluding tert-OH is 2. The summed E-state index contributed by atoms with van der Waals surface area (Å²) >= 11 is 0. The standard InChI is InChI=1S/C16H19F4NO7S/c1-3-4-5-29(26,27)21-14(24)8-9(17)11(19)13(12(20)10(8)18)28-15(25)16(2,6-22)7-23/h22-23H,3-7H2,1-2H3,(H,21,24)/p-1. The summed E-state index contributed by atoms with van der Waals surface area (Å²) in [4.78, 5) is 11.8. The van der Waals surface area contributed by atoms with Crippen LogP contribution in [0.3, 0.4) is 0 Å². The number of unbranched alkanes of at least 4 members (excludes halogenated alkanes) is 1. The van der Waals surface area contributed by atoms with Gasteiger partial charge < -0.3 is 20.1 Å². The predicted molar refractivity (Wildman–Crippen MR) is 89.4 cm³/mol. The molecule has 13 heteroatoms. The van der Waals surface area contributed by atoms with Crippen molar-refractivity contribution in [2.45, 2.75) is 26.7 Å². The topological polar surface area (TPSA) is 136 Å². The van der Waals surface area contributed by atoms with Gasteiger partial charge in [0.05, 0.1) is 24.5 Å². The summed E-state index contributed by atoms with van der Waals surface area (Å²) in [5.41, 5.74) is -3.98. The van der Waals surface area contributed by atoms with Crippen molar-refractivity contribution in [2.75, 3.05) is 19.0 Å². The number of halogens is 4. The van der Waals surface area contributed by atoms with Crippen molar-refractivity contribution in [3.63, 3.8) is 0 Å². The van der Waals surface area contributed by atoms with Crippen molar-refractivity contribution in [2.24, 2.45) is 9.81 Å². The Morgan fingerprint density at radius 3 is 2.00 bits per heavy atom. The lowest BCUT2D eigenvalue weighted by molar-refractivity contribution is -0.212. The van der Waals surface area contributed by atoms with Crippen LogP contribution >= 0.6 is 0 Å². The molecule has 0 aliphatic carbocycles. The zero-order valence-corrected chi connectivity index (χ0v) is 16.2. The first-order chi connectivity index (χ1) is 13.3. The van der Waals surface area contributed by atoms with E-state index < -0.39 is 80.9 Å². The van der Waals surface area contributed by atoms with Gasteiger partial charge in [-0.3, -0.25) is 4.79 Å². The van der Waals surface area contributed by atoms with Crippen molar-refractivity contribution in [1.82, 2.24) is 0 Å². The molecule has 1 aromatic rings. The Balaban J connectivity index is 3.47. The molecule has 0 amide bonds. The third kappa shape index (κ3) is 5.42. The number of esters is 1. The minimum Gasteiger partial charge on any atom is -0.857 e. The van der Waals surface area contributed by atoms with Crippen LogP contribution in [0.2, 0.25) is 0 Å². The normalized spacial score (nSPS) is 12.9. The Kier molecular flexibility index (Phi) is 8.12. The molecule has 2 N–H and O–H groups in total. The SMILES string of the molecule is CCCCS(=O)(=O)/N=C(\[O-])c1c(F)c(F)c(OC(=O)C(C)(CO)CO)c(F)c1F. The highest BCUT2D eigenvalue weighted by Gasteiger charge is 2.37. The molecule has 0 atom stereocenters. The van der Waals surface area contributed by atoms with E-state index in [9.17, 15) is 35.9 Å². The van der Waals surface area contributed by atoms with Crippen molar-refractivity contribution in [1.29, 1.82) is 0 Å². The fraction of sp³-hybridized carbons (Fsp3) is 0.500. The third-order valence-corrected chi connectivity index (χ3v) is 5.05. The van der Waals surface area contributed by atoms with Crippen LogP contribution in [0, 0.1) is 28.7 Å². The zero-order valence-electron chi connectivity index (χ0n) is 15.3. The number of ether oxygens (including phenoxy) is 1. The molecule has 0 radical (unpaired) electrons. The van der Waals surface area contributed by atoms with Crippen LogP contribution in [0.4, 0.5) is 17.6 Å². The van der Waals surface area contributed by atoms with E-state index in [1.54, 1.807) is 6.92 Å². The second-order valence-corrected chi connectivity index (χ2v) is 8.02. The van der Waals surface area contributed by atoms with Gasteiger partial charge in [-0.25, -0.2) is 17.2 Å². The number of sulfonamides is 1. The number of hydrogen-bond donors (Lipinski definition) is 2. The molecule has 0 heterocycles. The summed E-state index contributed by atoms with van der Waals surface area (Å²) < 4.78 is 86.6. The Bertz CT molecular complexity index is 885. The summed E-state index contributed by atoms with van der Waals surface area (Å²) in [6, 6.07) is 0. The van der Waals surface area contributed by atoms with Crippen LogP contribution in [-0.2, 0) is 14.8 Å². The number of hydrogen-bond acceptors (Lipinski definition) is 7. The fourth-order valence-electron chi connectivity index (χ4n) is 1.83. The molecule has 29 heavy (non-hydrogen) atoms. The van der Waals surface area contributed by atoms with Crippen molar-refractivity contribution < 1.29 is 50.8 Å². The average Bonchev–Trinajstić information content (AvgIpc) is 2.67. The first-order valence-corrected chi connectivity index (χ1v) is 9.76. The van der Waals surface area contributed by atoms with Gasteiger partial charge in [-0.05, 0) is 13.3 Å². The van der Waals surface area contributed by atoms with Gasteiger partial charge in [0.15, 0.2) is 11.6 Å². The van der Waals surface area contributed by atoms with E-state index in [2.05, 4.69) is 9.13 Å². The van der Waals surface area contributed by atoms with Crippen molar-refractivity contribution in [3.05, 3.63) is 28.8 Å². The monoisotopic (exact) mass is 444 g/mol. The highest BCUT2D eigenvalue weighted by Crippen LogP contribution is 2.32. The van der Waals surface area contributed by atoms with Gasteiger partial charge in [-0.2, -0.15) is 13.2 Å². The second-order valence-electron chi connectivity index (χ2n) is 6.26. The van der Waals surface area contributed by atoms with E-state index in [-0.39, 0.29) is 6.42 Å². The molecule has 164 valence electrons. The average molecular weight is 444 g/mol. The third-order valence-electron chi connectivity index (χ3n) is 3.80. The molecule has 0 spiro atoms. The van der Waals surface area contributed by atoms with Gasteiger partial charge in [-0.1, -0.05) is 13.3 Å². The van der Waals surface area contributed by atoms with Gasteiger partial charge in [0.1, 0.15) is 5.41 Å². The summed E-state index contributed by atoms with van der Waals surface area (Å²) in [5.74, 6) is -15.5. The molecule has 0 aromatic heterocycles. The molecule has 1 aromatic carbocycles. The number of rotatable bonds is 9.